The maximum absolute atomic E-state index is 13.2. The molecule has 2 aromatic carbocycles. The normalized spacial score (nSPS) is 18.9. The Labute approximate surface area is 184 Å². The summed E-state index contributed by atoms with van der Waals surface area (Å²) in [7, 11) is 0. The van der Waals surface area contributed by atoms with Crippen molar-refractivity contribution in [2.75, 3.05) is 31.5 Å². The number of nitrogens with one attached hydrogen (secondary N) is 1. The molecule has 0 bridgehead atoms. The van der Waals surface area contributed by atoms with Crippen molar-refractivity contribution < 1.29 is 9.59 Å². The molecule has 2 aromatic rings. The quantitative estimate of drug-likeness (QED) is 0.722. The number of rotatable bonds is 6. The Hall–Kier alpha value is -2.92. The van der Waals surface area contributed by atoms with Crippen LogP contribution in [0, 0.1) is 5.92 Å². The largest absolute Gasteiger partial charge is 0.337 e. The number of carbonyl (C=O) groups excluding carboxylic acids is 2. The van der Waals surface area contributed by atoms with E-state index in [1.807, 2.05) is 71.6 Å². The minimum Gasteiger partial charge on any atom is -0.337 e. The number of nitrogens with zero attached hydrogens (tertiary/aromatic N) is 2. The van der Waals surface area contributed by atoms with Crippen LogP contribution in [-0.4, -0.2) is 53.8 Å². The van der Waals surface area contributed by atoms with Crippen LogP contribution in [0.3, 0.4) is 0 Å². The van der Waals surface area contributed by atoms with Crippen LogP contribution in [0.2, 0.25) is 0 Å². The molecule has 1 aliphatic heterocycles. The second-order valence-electron chi connectivity index (χ2n) is 8.45. The number of para-hydroxylation sites is 1. The molecule has 1 unspecified atom stereocenters. The molecular formula is C26H31N3O2. The van der Waals surface area contributed by atoms with Gasteiger partial charge in [0.15, 0.2) is 0 Å². The van der Waals surface area contributed by atoms with Gasteiger partial charge in [0.2, 0.25) is 11.8 Å². The summed E-state index contributed by atoms with van der Waals surface area (Å²) in [5.74, 6) is 0.514. The van der Waals surface area contributed by atoms with Gasteiger partial charge in [-0.2, -0.15) is 0 Å². The molecule has 1 N–H and O–H groups in total. The molecule has 1 saturated heterocycles. The van der Waals surface area contributed by atoms with Crippen molar-refractivity contribution in [3.8, 4) is 0 Å². The van der Waals surface area contributed by atoms with Gasteiger partial charge in [-0.3, -0.25) is 14.5 Å². The molecule has 31 heavy (non-hydrogen) atoms. The fraction of sp³-hybridized carbons (Fsp3) is 0.385. The summed E-state index contributed by atoms with van der Waals surface area (Å²) in [5, 5.41) is 3.12. The van der Waals surface area contributed by atoms with Crippen LogP contribution in [0.5, 0.6) is 0 Å². The third kappa shape index (κ3) is 5.61. The molecule has 1 heterocycles. The molecule has 5 nitrogen and oxygen atoms in total. The number of amides is 2. The number of piperazine rings is 1. The lowest BCUT2D eigenvalue weighted by atomic mass is 9.95. The zero-order valence-electron chi connectivity index (χ0n) is 18.0. The lowest BCUT2D eigenvalue weighted by molar-refractivity contribution is -0.129. The van der Waals surface area contributed by atoms with Gasteiger partial charge in [0.05, 0.1) is 6.04 Å². The first-order valence-electron chi connectivity index (χ1n) is 11.3. The van der Waals surface area contributed by atoms with E-state index in [2.05, 4.69) is 10.2 Å². The standard InChI is InChI=1S/C26H31N3O2/c30-24(16-15-21-9-3-1-4-10-21)28-17-19-29(20-18-28)25(22-11-7-8-12-22)26(31)27-23-13-5-2-6-14-23/h1-6,9-10,13-16,22,25H,7-8,11-12,17-20H2,(H,27,31)/b16-15+. The Bertz CT molecular complexity index is 883. The fourth-order valence-corrected chi connectivity index (χ4v) is 4.75. The zero-order chi connectivity index (χ0) is 21.5. The predicted octanol–water partition coefficient (Wildman–Crippen LogP) is 4.04. The van der Waals surface area contributed by atoms with E-state index in [0.29, 0.717) is 19.0 Å². The monoisotopic (exact) mass is 417 g/mol. The van der Waals surface area contributed by atoms with E-state index < -0.39 is 0 Å². The third-order valence-corrected chi connectivity index (χ3v) is 6.39. The molecular weight excluding hydrogens is 386 g/mol. The van der Waals surface area contributed by atoms with Gasteiger partial charge in [0, 0.05) is 37.9 Å². The Balaban J connectivity index is 1.37. The first kappa shape index (κ1) is 21.3. The lowest BCUT2D eigenvalue weighted by Crippen LogP contribution is -2.56. The van der Waals surface area contributed by atoms with E-state index in [9.17, 15) is 9.59 Å². The summed E-state index contributed by atoms with van der Waals surface area (Å²) >= 11 is 0. The van der Waals surface area contributed by atoms with E-state index in [1.54, 1.807) is 6.08 Å². The maximum Gasteiger partial charge on any atom is 0.246 e. The second kappa shape index (κ2) is 10.4. The van der Waals surface area contributed by atoms with E-state index in [1.165, 1.54) is 12.8 Å². The molecule has 2 amide bonds. The summed E-state index contributed by atoms with van der Waals surface area (Å²) < 4.78 is 0. The van der Waals surface area contributed by atoms with Crippen LogP contribution in [0.15, 0.2) is 66.7 Å². The fourth-order valence-electron chi connectivity index (χ4n) is 4.75. The van der Waals surface area contributed by atoms with Crippen LogP contribution in [-0.2, 0) is 9.59 Å². The topological polar surface area (TPSA) is 52.7 Å². The lowest BCUT2D eigenvalue weighted by Gasteiger charge is -2.40. The first-order chi connectivity index (χ1) is 15.2. The van der Waals surface area contributed by atoms with Crippen molar-refractivity contribution in [3.63, 3.8) is 0 Å². The SMILES string of the molecule is O=C(Nc1ccccc1)C(C1CCCC1)N1CCN(C(=O)/C=C/c2ccccc2)CC1. The van der Waals surface area contributed by atoms with Crippen LogP contribution >= 0.6 is 0 Å². The molecule has 2 aliphatic rings. The number of hydrogen-bond donors (Lipinski definition) is 1. The van der Waals surface area contributed by atoms with Gasteiger partial charge < -0.3 is 10.2 Å². The maximum atomic E-state index is 13.2. The smallest absolute Gasteiger partial charge is 0.246 e. The van der Waals surface area contributed by atoms with E-state index in [0.717, 1.165) is 37.2 Å². The van der Waals surface area contributed by atoms with Gasteiger partial charge in [0.25, 0.3) is 0 Å². The Morgan fingerprint density at radius 3 is 2.13 bits per heavy atom. The molecule has 0 spiro atoms. The van der Waals surface area contributed by atoms with E-state index in [-0.39, 0.29) is 17.9 Å². The van der Waals surface area contributed by atoms with Gasteiger partial charge in [-0.1, -0.05) is 61.4 Å². The predicted molar refractivity (Wildman–Crippen MR) is 124 cm³/mol. The summed E-state index contributed by atoms with van der Waals surface area (Å²) in [4.78, 5) is 30.0. The summed E-state index contributed by atoms with van der Waals surface area (Å²) in [6.07, 6.45) is 8.12. The molecule has 1 saturated carbocycles. The third-order valence-electron chi connectivity index (χ3n) is 6.39. The molecule has 0 radical (unpaired) electrons. The second-order valence-corrected chi connectivity index (χ2v) is 8.45. The molecule has 4 rings (SSSR count). The Kier molecular flexibility index (Phi) is 7.15. The van der Waals surface area contributed by atoms with Crippen LogP contribution in [0.4, 0.5) is 5.69 Å². The number of anilines is 1. The van der Waals surface area contributed by atoms with Crippen LogP contribution < -0.4 is 5.32 Å². The zero-order valence-corrected chi connectivity index (χ0v) is 18.0. The minimum atomic E-state index is -0.125. The van der Waals surface area contributed by atoms with Crippen molar-refractivity contribution in [3.05, 3.63) is 72.3 Å². The molecule has 5 heteroatoms. The molecule has 1 aliphatic carbocycles. The van der Waals surface area contributed by atoms with Crippen LogP contribution in [0.1, 0.15) is 31.2 Å². The molecule has 2 fully saturated rings. The molecule has 162 valence electrons. The summed E-state index contributed by atoms with van der Waals surface area (Å²) in [5.41, 5.74) is 1.86. The van der Waals surface area contributed by atoms with Gasteiger partial charge in [-0.05, 0) is 42.5 Å². The molecule has 1 atom stereocenters. The van der Waals surface area contributed by atoms with Crippen molar-refractivity contribution in [1.29, 1.82) is 0 Å². The average Bonchev–Trinajstić information content (AvgIpc) is 3.34. The highest BCUT2D eigenvalue weighted by Gasteiger charge is 2.37. The number of hydrogen-bond acceptors (Lipinski definition) is 3. The van der Waals surface area contributed by atoms with Crippen molar-refractivity contribution in [1.82, 2.24) is 9.80 Å². The van der Waals surface area contributed by atoms with Gasteiger partial charge in [-0.25, -0.2) is 0 Å². The Morgan fingerprint density at radius 2 is 1.48 bits per heavy atom. The number of benzene rings is 2. The number of carbonyl (C=O) groups is 2. The molecule has 0 aromatic heterocycles. The summed E-state index contributed by atoms with van der Waals surface area (Å²) in [6, 6.07) is 19.4. The van der Waals surface area contributed by atoms with Crippen molar-refractivity contribution in [2.45, 2.75) is 31.7 Å². The average molecular weight is 418 g/mol. The highest BCUT2D eigenvalue weighted by atomic mass is 16.2. The van der Waals surface area contributed by atoms with Crippen molar-refractivity contribution in [2.24, 2.45) is 5.92 Å². The van der Waals surface area contributed by atoms with Gasteiger partial charge in [-0.15, -0.1) is 0 Å². The van der Waals surface area contributed by atoms with E-state index >= 15 is 0 Å². The van der Waals surface area contributed by atoms with E-state index in [4.69, 9.17) is 0 Å². The van der Waals surface area contributed by atoms with Crippen LogP contribution in [0.25, 0.3) is 6.08 Å². The van der Waals surface area contributed by atoms with Gasteiger partial charge in [0.1, 0.15) is 0 Å². The Morgan fingerprint density at radius 1 is 0.871 bits per heavy atom. The summed E-state index contributed by atoms with van der Waals surface area (Å²) in [6.45, 7) is 2.77. The van der Waals surface area contributed by atoms with Gasteiger partial charge >= 0.3 is 0 Å². The minimum absolute atomic E-state index is 0.0367. The van der Waals surface area contributed by atoms with Crippen molar-refractivity contribution >= 4 is 23.6 Å². The highest BCUT2D eigenvalue weighted by Crippen LogP contribution is 2.31. The first-order valence-corrected chi connectivity index (χ1v) is 11.3. The highest BCUT2D eigenvalue weighted by molar-refractivity contribution is 5.95.